The maximum Gasteiger partial charge on any atom is 0.438 e. The molecule has 0 saturated heterocycles. The lowest BCUT2D eigenvalue weighted by Crippen LogP contribution is -2.58. The number of hydrogen-bond donors (Lipinski definition) is 1. The van der Waals surface area contributed by atoms with Crippen LogP contribution >= 0.6 is 23.2 Å². The van der Waals surface area contributed by atoms with Gasteiger partial charge in [-0.25, -0.2) is 0 Å². The molecule has 0 aromatic heterocycles. The summed E-state index contributed by atoms with van der Waals surface area (Å²) in [5, 5.41) is 14.6. The zero-order valence-corrected chi connectivity index (χ0v) is 16.5. The van der Waals surface area contributed by atoms with Crippen LogP contribution in [0.25, 0.3) is 0 Å². The highest BCUT2D eigenvalue weighted by Gasteiger charge is 2.63. The molecule has 2 aromatic carbocycles. The number of carbonyl (C=O) groups is 1. The van der Waals surface area contributed by atoms with E-state index in [0.717, 1.165) is 0 Å². The molecule has 0 spiro atoms. The van der Waals surface area contributed by atoms with Crippen LogP contribution in [0.15, 0.2) is 53.6 Å². The molecule has 1 N–H and O–H groups in total. The minimum Gasteiger partial charge on any atom is -0.479 e. The van der Waals surface area contributed by atoms with Gasteiger partial charge in [-0.2, -0.15) is 23.3 Å². The Morgan fingerprint density at radius 2 is 1.90 bits per heavy atom. The molecular formula is C19H15Cl2F3N2O3. The van der Waals surface area contributed by atoms with Crippen molar-refractivity contribution in [3.8, 4) is 5.75 Å². The number of hydrogen-bond acceptors (Lipinski definition) is 4. The summed E-state index contributed by atoms with van der Waals surface area (Å²) in [6.45, 7) is 1.24. The third kappa shape index (κ3) is 4.19. The lowest BCUT2D eigenvalue weighted by Gasteiger charge is -2.33. The van der Waals surface area contributed by atoms with Gasteiger partial charge in [0.05, 0.1) is 17.2 Å². The molecule has 1 amide bonds. The van der Waals surface area contributed by atoms with Crippen LogP contribution in [0.3, 0.4) is 0 Å². The predicted octanol–water partition coefficient (Wildman–Crippen LogP) is 4.65. The quantitative estimate of drug-likeness (QED) is 0.743. The Hall–Kier alpha value is -2.29. The molecule has 1 aliphatic rings. The molecule has 10 heteroatoms. The lowest BCUT2D eigenvalue weighted by molar-refractivity contribution is -0.303. The zero-order chi connectivity index (χ0) is 21.4. The number of alkyl halides is 3. The monoisotopic (exact) mass is 446 g/mol. The van der Waals surface area contributed by atoms with E-state index in [9.17, 15) is 23.1 Å². The normalized spacial score (nSPS) is 20.4. The average molecular weight is 447 g/mol. The summed E-state index contributed by atoms with van der Waals surface area (Å²) in [7, 11) is 0. The third-order valence-corrected chi connectivity index (χ3v) is 4.83. The first-order valence-corrected chi connectivity index (χ1v) is 9.16. The highest BCUT2D eigenvalue weighted by Crippen LogP contribution is 2.42. The number of amides is 1. The smallest absolute Gasteiger partial charge is 0.438 e. The van der Waals surface area contributed by atoms with E-state index in [0.29, 0.717) is 10.6 Å². The van der Waals surface area contributed by atoms with Gasteiger partial charge >= 0.3 is 6.18 Å². The Balaban J connectivity index is 1.91. The van der Waals surface area contributed by atoms with E-state index in [2.05, 4.69) is 5.10 Å². The minimum absolute atomic E-state index is 0.0316. The van der Waals surface area contributed by atoms with E-state index >= 15 is 0 Å². The number of hydrazone groups is 1. The van der Waals surface area contributed by atoms with Gasteiger partial charge < -0.3 is 9.84 Å². The van der Waals surface area contributed by atoms with Crippen LogP contribution in [0.1, 0.15) is 18.9 Å². The number of halogens is 5. The second-order valence-corrected chi connectivity index (χ2v) is 7.23. The highest BCUT2D eigenvalue weighted by atomic mass is 35.5. The van der Waals surface area contributed by atoms with Gasteiger partial charge in [0, 0.05) is 5.02 Å². The topological polar surface area (TPSA) is 62.1 Å². The first-order valence-electron chi connectivity index (χ1n) is 8.41. The van der Waals surface area contributed by atoms with E-state index < -0.39 is 30.3 Å². The number of nitrogens with zero attached hydrogens (tertiary/aromatic N) is 2. The van der Waals surface area contributed by atoms with E-state index in [1.54, 1.807) is 18.2 Å². The molecule has 0 radical (unpaired) electrons. The fourth-order valence-electron chi connectivity index (χ4n) is 2.77. The summed E-state index contributed by atoms with van der Waals surface area (Å²) in [6, 6.07) is 12.2. The maximum atomic E-state index is 13.6. The molecule has 2 aromatic rings. The predicted molar refractivity (Wildman–Crippen MR) is 102 cm³/mol. The van der Waals surface area contributed by atoms with Crippen molar-refractivity contribution in [3.63, 3.8) is 0 Å². The fourth-order valence-corrected chi connectivity index (χ4v) is 3.23. The molecule has 5 nitrogen and oxygen atoms in total. The first-order chi connectivity index (χ1) is 13.5. The van der Waals surface area contributed by atoms with Crippen LogP contribution in [0.5, 0.6) is 5.75 Å². The maximum absolute atomic E-state index is 13.6. The van der Waals surface area contributed by atoms with Crippen molar-refractivity contribution in [1.82, 2.24) is 5.01 Å². The van der Waals surface area contributed by atoms with Crippen LogP contribution in [0.4, 0.5) is 13.2 Å². The fraction of sp³-hybridized carbons (Fsp3) is 0.263. The molecule has 0 bridgehead atoms. The van der Waals surface area contributed by atoms with E-state index in [1.165, 1.54) is 37.3 Å². The number of ether oxygens (including phenoxy) is 1. The summed E-state index contributed by atoms with van der Waals surface area (Å²) < 4.78 is 46.3. The van der Waals surface area contributed by atoms with Crippen molar-refractivity contribution in [2.45, 2.75) is 31.3 Å². The Bertz CT molecular complexity index is 953. The number of aliphatic hydroxyl groups is 1. The van der Waals surface area contributed by atoms with Gasteiger partial charge in [-0.3, -0.25) is 4.79 Å². The Morgan fingerprint density at radius 3 is 2.48 bits per heavy atom. The third-order valence-electron chi connectivity index (χ3n) is 4.30. The van der Waals surface area contributed by atoms with E-state index in [1.807, 2.05) is 0 Å². The SMILES string of the molecule is C[C@H](Oc1ccc(Cl)cc1Cl)C(=O)N1N=C(c2ccccc2)C[C@@]1(O)C(F)(F)F. The molecule has 29 heavy (non-hydrogen) atoms. The Kier molecular flexibility index (Phi) is 5.80. The molecular weight excluding hydrogens is 432 g/mol. The molecule has 3 rings (SSSR count). The molecule has 0 aliphatic carbocycles. The Morgan fingerprint density at radius 1 is 1.24 bits per heavy atom. The molecule has 0 fully saturated rings. The van der Waals surface area contributed by atoms with E-state index in [4.69, 9.17) is 27.9 Å². The van der Waals surface area contributed by atoms with Gasteiger partial charge in [-0.05, 0) is 30.7 Å². The van der Waals surface area contributed by atoms with Crippen molar-refractivity contribution < 1.29 is 27.8 Å². The lowest BCUT2D eigenvalue weighted by atomic mass is 10.0. The van der Waals surface area contributed by atoms with Crippen LogP contribution in [0, 0.1) is 0 Å². The zero-order valence-electron chi connectivity index (χ0n) is 15.0. The molecule has 2 atom stereocenters. The summed E-state index contributed by atoms with van der Waals surface area (Å²) >= 11 is 11.8. The Labute approximate surface area is 174 Å². The van der Waals surface area contributed by atoms with Crippen LogP contribution in [-0.4, -0.2) is 39.7 Å². The van der Waals surface area contributed by atoms with Crippen molar-refractivity contribution in [2.75, 3.05) is 0 Å². The second-order valence-electron chi connectivity index (χ2n) is 6.39. The van der Waals surface area contributed by atoms with Crippen LogP contribution in [-0.2, 0) is 4.79 Å². The number of carbonyl (C=O) groups excluding carboxylic acids is 1. The van der Waals surface area contributed by atoms with Gasteiger partial charge in [0.2, 0.25) is 0 Å². The largest absolute Gasteiger partial charge is 0.479 e. The second kappa shape index (κ2) is 7.85. The summed E-state index contributed by atoms with van der Waals surface area (Å²) in [4.78, 5) is 12.7. The number of benzene rings is 2. The van der Waals surface area contributed by atoms with Gasteiger partial charge in [-0.1, -0.05) is 53.5 Å². The summed E-state index contributed by atoms with van der Waals surface area (Å²) in [5.41, 5.74) is -3.20. The van der Waals surface area contributed by atoms with Gasteiger partial charge in [0.15, 0.2) is 6.10 Å². The molecule has 1 heterocycles. The average Bonchev–Trinajstić information content (AvgIpc) is 3.03. The molecule has 0 saturated carbocycles. The summed E-state index contributed by atoms with van der Waals surface area (Å²) in [5.74, 6) is -1.12. The van der Waals surface area contributed by atoms with Crippen molar-refractivity contribution in [1.29, 1.82) is 0 Å². The molecule has 0 unspecified atom stereocenters. The summed E-state index contributed by atoms with van der Waals surface area (Å²) in [6.07, 6.45) is -7.46. The molecule has 154 valence electrons. The first kappa shape index (κ1) is 21.4. The van der Waals surface area contributed by atoms with E-state index in [-0.39, 0.29) is 21.5 Å². The van der Waals surface area contributed by atoms with Gasteiger partial charge in [-0.15, -0.1) is 0 Å². The molecule has 1 aliphatic heterocycles. The van der Waals surface area contributed by atoms with Gasteiger partial charge in [0.1, 0.15) is 5.75 Å². The minimum atomic E-state index is -5.14. The standard InChI is InChI=1S/C19H15Cl2F3N2O3/c1-11(29-16-8-7-13(20)9-14(16)21)17(27)26-18(28,19(22,23)24)10-15(25-26)12-5-3-2-4-6-12/h2-9,11,28H,10H2,1H3/t11-,18+/m0/s1. The van der Waals surface area contributed by atoms with Crippen molar-refractivity contribution >= 4 is 34.8 Å². The van der Waals surface area contributed by atoms with Crippen LogP contribution in [0.2, 0.25) is 10.0 Å². The van der Waals surface area contributed by atoms with Crippen LogP contribution < -0.4 is 4.74 Å². The van der Waals surface area contributed by atoms with Gasteiger partial charge in [0.25, 0.3) is 11.6 Å². The van der Waals surface area contributed by atoms with Crippen molar-refractivity contribution in [2.24, 2.45) is 5.10 Å². The van der Waals surface area contributed by atoms with Crippen molar-refractivity contribution in [3.05, 3.63) is 64.1 Å². The highest BCUT2D eigenvalue weighted by molar-refractivity contribution is 6.35. The number of rotatable bonds is 4.